The van der Waals surface area contributed by atoms with Gasteiger partial charge in [0.25, 0.3) is 0 Å². The van der Waals surface area contributed by atoms with Crippen molar-refractivity contribution in [2.45, 2.75) is 12.8 Å². The van der Waals surface area contributed by atoms with Crippen LogP contribution in [0.3, 0.4) is 0 Å². The van der Waals surface area contributed by atoms with E-state index in [1.807, 2.05) is 12.1 Å². The molecule has 0 aliphatic rings. The fourth-order valence-electron chi connectivity index (χ4n) is 2.73. The van der Waals surface area contributed by atoms with Gasteiger partial charge in [-0.2, -0.15) is 0 Å². The molecule has 0 amide bonds. The van der Waals surface area contributed by atoms with Crippen molar-refractivity contribution in [3.63, 3.8) is 0 Å². The van der Waals surface area contributed by atoms with Crippen LogP contribution in [0.1, 0.15) is 11.1 Å². The lowest BCUT2D eigenvalue weighted by molar-refractivity contribution is 0.298. The molecule has 2 aromatic carbocycles. The number of fused-ring (bicyclic) bond motifs is 3. The summed E-state index contributed by atoms with van der Waals surface area (Å²) in [6.07, 6.45) is 1.28. The highest BCUT2D eigenvalue weighted by atomic mass is 16.3. The number of hydrogen-bond donors (Lipinski definition) is 3. The van der Waals surface area contributed by atoms with Crippen LogP contribution in [-0.2, 0) is 12.8 Å². The van der Waals surface area contributed by atoms with Crippen molar-refractivity contribution in [2.24, 2.45) is 0 Å². The summed E-state index contributed by atoms with van der Waals surface area (Å²) >= 11 is 0. The summed E-state index contributed by atoms with van der Waals surface area (Å²) in [6.45, 7) is 0.279. The summed E-state index contributed by atoms with van der Waals surface area (Å²) in [4.78, 5) is 3.41. The Morgan fingerprint density at radius 3 is 2.47 bits per heavy atom. The molecule has 0 fully saturated rings. The number of aromatic nitrogens is 1. The largest absolute Gasteiger partial charge is 0.396 e. The van der Waals surface area contributed by atoms with Crippen LogP contribution in [-0.4, -0.2) is 28.4 Å². The van der Waals surface area contributed by atoms with Crippen molar-refractivity contribution in [1.82, 2.24) is 4.98 Å². The van der Waals surface area contributed by atoms with Gasteiger partial charge < -0.3 is 15.2 Å². The number of nitrogens with one attached hydrogen (secondary N) is 1. The number of aliphatic hydroxyl groups is 2. The normalized spacial score (nSPS) is 11.5. The van der Waals surface area contributed by atoms with Gasteiger partial charge in [0.1, 0.15) is 0 Å². The topological polar surface area (TPSA) is 56.2 Å². The zero-order chi connectivity index (χ0) is 13.2. The molecule has 0 bridgehead atoms. The first-order chi connectivity index (χ1) is 9.33. The van der Waals surface area contributed by atoms with Gasteiger partial charge in [0.2, 0.25) is 0 Å². The highest BCUT2D eigenvalue weighted by molar-refractivity contribution is 6.09. The van der Waals surface area contributed by atoms with E-state index in [-0.39, 0.29) is 13.2 Å². The van der Waals surface area contributed by atoms with Gasteiger partial charge in [-0.3, -0.25) is 0 Å². The molecule has 1 heterocycles. The Bertz CT molecular complexity index is 715. The zero-order valence-corrected chi connectivity index (χ0v) is 10.7. The Kier molecular flexibility index (Phi) is 3.23. The van der Waals surface area contributed by atoms with Gasteiger partial charge in [-0.15, -0.1) is 0 Å². The van der Waals surface area contributed by atoms with Crippen LogP contribution in [0.15, 0.2) is 36.4 Å². The fraction of sp³-hybridized carbons (Fsp3) is 0.250. The Labute approximate surface area is 111 Å². The van der Waals surface area contributed by atoms with E-state index >= 15 is 0 Å². The molecule has 3 heteroatoms. The molecule has 0 atom stereocenters. The van der Waals surface area contributed by atoms with Crippen LogP contribution in [0, 0.1) is 0 Å². The molecular weight excluding hydrogens is 238 g/mol. The maximum absolute atomic E-state index is 9.25. The quantitative estimate of drug-likeness (QED) is 0.670. The third-order valence-corrected chi connectivity index (χ3v) is 3.53. The predicted octanol–water partition coefficient (Wildman–Crippen LogP) is 2.39. The van der Waals surface area contributed by atoms with Crippen molar-refractivity contribution in [2.75, 3.05) is 13.2 Å². The van der Waals surface area contributed by atoms with Crippen LogP contribution >= 0.6 is 0 Å². The molecule has 0 unspecified atom stereocenters. The average molecular weight is 255 g/mol. The number of rotatable bonds is 4. The van der Waals surface area contributed by atoms with E-state index in [4.69, 9.17) is 5.11 Å². The number of H-pyrrole nitrogens is 1. The van der Waals surface area contributed by atoms with E-state index in [9.17, 15) is 5.11 Å². The molecule has 1 aromatic heterocycles. The predicted molar refractivity (Wildman–Crippen MR) is 77.4 cm³/mol. The van der Waals surface area contributed by atoms with Crippen LogP contribution in [0.2, 0.25) is 0 Å². The minimum Gasteiger partial charge on any atom is -0.396 e. The van der Waals surface area contributed by atoms with Crippen LogP contribution < -0.4 is 0 Å². The molecule has 98 valence electrons. The number of hydrogen-bond acceptors (Lipinski definition) is 2. The van der Waals surface area contributed by atoms with E-state index in [0.717, 1.165) is 22.2 Å². The second kappa shape index (κ2) is 5.03. The fourth-order valence-corrected chi connectivity index (χ4v) is 2.73. The number of benzene rings is 2. The molecular formula is C16H17NO2. The first-order valence-electron chi connectivity index (χ1n) is 6.57. The summed E-state index contributed by atoms with van der Waals surface area (Å²) < 4.78 is 0. The van der Waals surface area contributed by atoms with Crippen molar-refractivity contribution in [1.29, 1.82) is 0 Å². The molecule has 19 heavy (non-hydrogen) atoms. The van der Waals surface area contributed by atoms with E-state index in [2.05, 4.69) is 29.2 Å². The monoisotopic (exact) mass is 255 g/mol. The molecule has 0 saturated heterocycles. The molecule has 0 saturated carbocycles. The van der Waals surface area contributed by atoms with Gasteiger partial charge >= 0.3 is 0 Å². The van der Waals surface area contributed by atoms with Crippen molar-refractivity contribution in [3.8, 4) is 0 Å². The smallest absolute Gasteiger partial charge is 0.0471 e. The lowest BCUT2D eigenvalue weighted by Gasteiger charge is -2.06. The Morgan fingerprint density at radius 1 is 0.895 bits per heavy atom. The van der Waals surface area contributed by atoms with E-state index in [0.29, 0.717) is 12.8 Å². The van der Waals surface area contributed by atoms with Gasteiger partial charge in [0.05, 0.1) is 0 Å². The molecule has 0 spiro atoms. The summed E-state index contributed by atoms with van der Waals surface area (Å²) in [5.74, 6) is 0. The highest BCUT2D eigenvalue weighted by Crippen LogP contribution is 2.30. The van der Waals surface area contributed by atoms with Crippen LogP contribution in [0.25, 0.3) is 21.8 Å². The standard InChI is InChI=1S/C16H17NO2/c18-7-5-11-9-12(6-8-19)16-13-3-1-2-4-14(13)17-15(16)10-11/h1-4,9-10,17-19H,5-8H2. The minimum atomic E-state index is 0.136. The van der Waals surface area contributed by atoms with E-state index < -0.39 is 0 Å². The van der Waals surface area contributed by atoms with E-state index in [1.54, 1.807) is 0 Å². The van der Waals surface area contributed by atoms with Gasteiger partial charge in [0, 0.05) is 35.0 Å². The molecule has 3 N–H and O–H groups in total. The summed E-state index contributed by atoms with van der Waals surface area (Å²) in [6, 6.07) is 12.4. The lowest BCUT2D eigenvalue weighted by atomic mass is 10.00. The molecule has 0 aliphatic carbocycles. The second-order valence-corrected chi connectivity index (χ2v) is 4.80. The maximum Gasteiger partial charge on any atom is 0.0471 e. The first kappa shape index (κ1) is 12.2. The number of aromatic amines is 1. The number of para-hydroxylation sites is 1. The first-order valence-corrected chi connectivity index (χ1v) is 6.57. The van der Waals surface area contributed by atoms with Gasteiger partial charge in [-0.1, -0.05) is 24.3 Å². The van der Waals surface area contributed by atoms with Gasteiger partial charge in [0.15, 0.2) is 0 Å². The average Bonchev–Trinajstić information content (AvgIpc) is 2.77. The summed E-state index contributed by atoms with van der Waals surface area (Å²) in [5, 5.41) is 20.7. The van der Waals surface area contributed by atoms with Crippen molar-refractivity contribution in [3.05, 3.63) is 47.5 Å². The Morgan fingerprint density at radius 2 is 1.68 bits per heavy atom. The maximum atomic E-state index is 9.25. The second-order valence-electron chi connectivity index (χ2n) is 4.80. The van der Waals surface area contributed by atoms with Crippen LogP contribution in [0.5, 0.6) is 0 Å². The third kappa shape index (κ3) is 2.11. The van der Waals surface area contributed by atoms with Crippen molar-refractivity contribution < 1.29 is 10.2 Å². The highest BCUT2D eigenvalue weighted by Gasteiger charge is 2.10. The molecule has 0 radical (unpaired) electrons. The lowest BCUT2D eigenvalue weighted by Crippen LogP contribution is -1.96. The molecule has 3 aromatic rings. The summed E-state index contributed by atoms with van der Waals surface area (Å²) in [5.41, 5.74) is 4.43. The van der Waals surface area contributed by atoms with Gasteiger partial charge in [-0.25, -0.2) is 0 Å². The summed E-state index contributed by atoms with van der Waals surface area (Å²) in [7, 11) is 0. The number of aliphatic hydroxyl groups excluding tert-OH is 2. The molecule has 3 rings (SSSR count). The Hall–Kier alpha value is -1.84. The molecule has 0 aliphatic heterocycles. The third-order valence-electron chi connectivity index (χ3n) is 3.53. The zero-order valence-electron chi connectivity index (χ0n) is 10.7. The molecule has 3 nitrogen and oxygen atoms in total. The Balaban J connectivity index is 2.31. The minimum absolute atomic E-state index is 0.136. The van der Waals surface area contributed by atoms with E-state index in [1.165, 1.54) is 10.8 Å². The van der Waals surface area contributed by atoms with Crippen LogP contribution in [0.4, 0.5) is 0 Å². The van der Waals surface area contributed by atoms with Crippen molar-refractivity contribution >= 4 is 21.8 Å². The van der Waals surface area contributed by atoms with Gasteiger partial charge in [-0.05, 0) is 36.1 Å². The SMILES string of the molecule is OCCc1cc(CCO)c2c(c1)[nH]c1ccccc12.